The molecule has 3 heterocycles. The lowest BCUT2D eigenvalue weighted by atomic mass is 9.76. The van der Waals surface area contributed by atoms with Gasteiger partial charge in [-0.1, -0.05) is 12.1 Å². The van der Waals surface area contributed by atoms with Crippen LogP contribution in [0.5, 0.6) is 0 Å². The summed E-state index contributed by atoms with van der Waals surface area (Å²) in [6.45, 7) is 0. The molecule has 3 atom stereocenters. The lowest BCUT2D eigenvalue weighted by molar-refractivity contribution is 0.326. The molecule has 0 fully saturated rings. The van der Waals surface area contributed by atoms with Crippen molar-refractivity contribution in [2.75, 3.05) is 0 Å². The molecule has 0 spiro atoms. The Labute approximate surface area is 154 Å². The Balaban J connectivity index is 1.74. The van der Waals surface area contributed by atoms with Gasteiger partial charge in [0.25, 0.3) is 5.56 Å². The standard InChI is InChI=1S/C19H19FN6O/c1-26-18(21-9-22-26)15-16(10-5-7-11(20)8-6-10)23-13-4-2-3-12-14(13)17(15)24-25-19(12)27/h5-9,13,15-16,23H,2-4H2,1H3,(H,25,27). The second-order valence-electron chi connectivity index (χ2n) is 7.19. The fourth-order valence-corrected chi connectivity index (χ4v) is 4.47. The van der Waals surface area contributed by atoms with E-state index in [9.17, 15) is 9.18 Å². The van der Waals surface area contributed by atoms with Crippen LogP contribution in [0.4, 0.5) is 4.39 Å². The number of aromatic nitrogens is 5. The Morgan fingerprint density at radius 2 is 2.07 bits per heavy atom. The number of rotatable bonds is 2. The highest BCUT2D eigenvalue weighted by Gasteiger charge is 2.42. The van der Waals surface area contributed by atoms with Crippen molar-refractivity contribution in [3.05, 3.63) is 75.0 Å². The summed E-state index contributed by atoms with van der Waals surface area (Å²) in [7, 11) is 1.84. The predicted octanol–water partition coefficient (Wildman–Crippen LogP) is 1.89. The number of H-pyrrole nitrogens is 1. The van der Waals surface area contributed by atoms with Crippen LogP contribution in [-0.4, -0.2) is 25.0 Å². The van der Waals surface area contributed by atoms with E-state index in [1.807, 2.05) is 7.05 Å². The van der Waals surface area contributed by atoms with Crippen LogP contribution in [0.3, 0.4) is 0 Å². The third kappa shape index (κ3) is 2.51. The number of hydrogen-bond acceptors (Lipinski definition) is 5. The van der Waals surface area contributed by atoms with E-state index >= 15 is 0 Å². The molecule has 0 radical (unpaired) electrons. The third-order valence-electron chi connectivity index (χ3n) is 5.68. The molecule has 3 aromatic rings. The lowest BCUT2D eigenvalue weighted by Crippen LogP contribution is -2.42. The van der Waals surface area contributed by atoms with Crippen LogP contribution < -0.4 is 10.9 Å². The van der Waals surface area contributed by atoms with Gasteiger partial charge in [-0.05, 0) is 37.0 Å². The maximum atomic E-state index is 13.5. The minimum Gasteiger partial charge on any atom is -0.302 e. The minimum atomic E-state index is -0.271. The summed E-state index contributed by atoms with van der Waals surface area (Å²) in [5.41, 5.74) is 3.48. The number of hydrogen-bond donors (Lipinski definition) is 2. The Kier molecular flexibility index (Phi) is 3.68. The molecule has 3 unspecified atom stereocenters. The van der Waals surface area contributed by atoms with E-state index < -0.39 is 0 Å². The summed E-state index contributed by atoms with van der Waals surface area (Å²) in [5, 5.41) is 15.0. The van der Waals surface area contributed by atoms with E-state index in [2.05, 4.69) is 25.6 Å². The molecule has 2 N–H and O–H groups in total. The Morgan fingerprint density at radius 3 is 2.81 bits per heavy atom. The van der Waals surface area contributed by atoms with Gasteiger partial charge in [-0.2, -0.15) is 10.2 Å². The zero-order valence-corrected chi connectivity index (χ0v) is 14.8. The summed E-state index contributed by atoms with van der Waals surface area (Å²) in [6.07, 6.45) is 4.16. The normalized spacial score (nSPS) is 23.9. The van der Waals surface area contributed by atoms with Crippen LogP contribution in [0.1, 0.15) is 59.1 Å². The summed E-state index contributed by atoms with van der Waals surface area (Å²) < 4.78 is 15.2. The molecule has 0 saturated heterocycles. The molecule has 2 aromatic heterocycles. The predicted molar refractivity (Wildman–Crippen MR) is 95.7 cm³/mol. The first-order chi connectivity index (χ1) is 13.1. The Bertz CT molecular complexity index is 1060. The maximum Gasteiger partial charge on any atom is 0.267 e. The van der Waals surface area contributed by atoms with Crippen LogP contribution in [0.15, 0.2) is 35.4 Å². The van der Waals surface area contributed by atoms with Gasteiger partial charge in [-0.25, -0.2) is 14.5 Å². The molecule has 1 aliphatic heterocycles. The second kappa shape index (κ2) is 6.09. The van der Waals surface area contributed by atoms with E-state index in [1.165, 1.54) is 18.5 Å². The van der Waals surface area contributed by atoms with E-state index in [0.29, 0.717) is 0 Å². The molecule has 7 nitrogen and oxygen atoms in total. The van der Waals surface area contributed by atoms with Crippen molar-refractivity contribution in [1.29, 1.82) is 0 Å². The smallest absolute Gasteiger partial charge is 0.267 e. The zero-order chi connectivity index (χ0) is 18.5. The highest BCUT2D eigenvalue weighted by molar-refractivity contribution is 5.43. The number of nitrogens with one attached hydrogen (secondary N) is 2. The fourth-order valence-electron chi connectivity index (χ4n) is 4.47. The topological polar surface area (TPSA) is 88.5 Å². The molecule has 8 heteroatoms. The van der Waals surface area contributed by atoms with Crippen molar-refractivity contribution in [2.45, 2.75) is 37.3 Å². The van der Waals surface area contributed by atoms with Crippen LogP contribution in [0.25, 0.3) is 0 Å². The molecule has 5 rings (SSSR count). The summed E-state index contributed by atoms with van der Waals surface area (Å²) in [5.74, 6) is 0.248. The highest BCUT2D eigenvalue weighted by Crippen LogP contribution is 2.46. The monoisotopic (exact) mass is 366 g/mol. The van der Waals surface area contributed by atoms with Gasteiger partial charge in [-0.15, -0.1) is 0 Å². The van der Waals surface area contributed by atoms with Crippen LogP contribution in [0, 0.1) is 5.82 Å². The van der Waals surface area contributed by atoms with Crippen molar-refractivity contribution in [3.8, 4) is 0 Å². The van der Waals surface area contributed by atoms with Crippen LogP contribution in [0.2, 0.25) is 0 Å². The van der Waals surface area contributed by atoms with Gasteiger partial charge in [0.05, 0.1) is 11.6 Å². The van der Waals surface area contributed by atoms with Gasteiger partial charge < -0.3 is 5.32 Å². The number of aromatic amines is 1. The Morgan fingerprint density at radius 1 is 1.26 bits per heavy atom. The SMILES string of the molecule is Cn1ncnc1C1c2n[nH]c(=O)c3c2C(CCC3)NC1c1ccc(F)cc1. The molecule has 2 aliphatic rings. The molecule has 0 bridgehead atoms. The number of aryl methyl sites for hydroxylation is 1. The quantitative estimate of drug-likeness (QED) is 0.723. The molecule has 1 aliphatic carbocycles. The van der Waals surface area contributed by atoms with Crippen LogP contribution >= 0.6 is 0 Å². The molecular formula is C19H19FN6O. The molecule has 27 heavy (non-hydrogen) atoms. The average Bonchev–Trinajstić information content (AvgIpc) is 3.10. The van der Waals surface area contributed by atoms with E-state index in [1.54, 1.807) is 16.8 Å². The Hall–Kier alpha value is -2.87. The van der Waals surface area contributed by atoms with Crippen molar-refractivity contribution in [1.82, 2.24) is 30.3 Å². The number of benzene rings is 1. The third-order valence-corrected chi connectivity index (χ3v) is 5.68. The zero-order valence-electron chi connectivity index (χ0n) is 14.8. The van der Waals surface area contributed by atoms with Crippen molar-refractivity contribution in [2.24, 2.45) is 7.05 Å². The number of nitrogens with zero attached hydrogens (tertiary/aromatic N) is 4. The first-order valence-electron chi connectivity index (χ1n) is 9.10. The highest BCUT2D eigenvalue weighted by atomic mass is 19.1. The average molecular weight is 366 g/mol. The van der Waals surface area contributed by atoms with Gasteiger partial charge in [0.1, 0.15) is 18.0 Å². The first-order valence-corrected chi connectivity index (χ1v) is 9.10. The number of halogens is 1. The van der Waals surface area contributed by atoms with Gasteiger partial charge in [0.15, 0.2) is 0 Å². The van der Waals surface area contributed by atoms with E-state index in [-0.39, 0.29) is 29.4 Å². The van der Waals surface area contributed by atoms with E-state index in [4.69, 9.17) is 0 Å². The fraction of sp³-hybridized carbons (Fsp3) is 0.368. The molecule has 138 valence electrons. The van der Waals surface area contributed by atoms with Crippen LogP contribution in [-0.2, 0) is 13.5 Å². The maximum absolute atomic E-state index is 13.5. The van der Waals surface area contributed by atoms with Crippen molar-refractivity contribution < 1.29 is 4.39 Å². The molecule has 0 saturated carbocycles. The lowest BCUT2D eigenvalue weighted by Gasteiger charge is -2.40. The minimum absolute atomic E-state index is 0.0538. The van der Waals surface area contributed by atoms with Gasteiger partial charge in [0.2, 0.25) is 0 Å². The summed E-state index contributed by atoms with van der Waals surface area (Å²) in [4.78, 5) is 16.8. The van der Waals surface area contributed by atoms with Crippen molar-refractivity contribution >= 4 is 0 Å². The molecule has 0 amide bonds. The molecule has 1 aromatic carbocycles. The van der Waals surface area contributed by atoms with Gasteiger partial charge in [-0.3, -0.25) is 9.48 Å². The second-order valence-corrected chi connectivity index (χ2v) is 7.19. The summed E-state index contributed by atoms with van der Waals surface area (Å²) in [6, 6.07) is 6.42. The van der Waals surface area contributed by atoms with Gasteiger partial charge in [0, 0.05) is 30.3 Å². The first kappa shape index (κ1) is 16.3. The van der Waals surface area contributed by atoms with E-state index in [0.717, 1.165) is 47.5 Å². The summed E-state index contributed by atoms with van der Waals surface area (Å²) >= 11 is 0. The van der Waals surface area contributed by atoms with Gasteiger partial charge >= 0.3 is 0 Å². The largest absolute Gasteiger partial charge is 0.302 e. The molecular weight excluding hydrogens is 347 g/mol. The van der Waals surface area contributed by atoms with Crippen molar-refractivity contribution in [3.63, 3.8) is 0 Å².